The molecule has 1 rings (SSSR count). The molecule has 1 aromatic rings. The molecule has 0 atom stereocenters. The van der Waals surface area contributed by atoms with Gasteiger partial charge in [0, 0.05) is 12.5 Å². The van der Waals surface area contributed by atoms with E-state index < -0.39 is 31.2 Å². The van der Waals surface area contributed by atoms with Crippen LogP contribution in [-0.2, 0) is 20.7 Å². The van der Waals surface area contributed by atoms with Crippen molar-refractivity contribution in [3.8, 4) is 11.5 Å². The van der Waals surface area contributed by atoms with Crippen LogP contribution in [0.2, 0.25) is 0 Å². The molecule has 134 valence electrons. The fourth-order valence-corrected chi connectivity index (χ4v) is 1.73. The highest BCUT2D eigenvalue weighted by atomic mass is 19.4. The molecule has 1 aromatic carbocycles. The first-order chi connectivity index (χ1) is 11.2. The lowest BCUT2D eigenvalue weighted by molar-refractivity contribution is -0.151. The van der Waals surface area contributed by atoms with Crippen LogP contribution in [0, 0.1) is 0 Å². The fourth-order valence-electron chi connectivity index (χ4n) is 1.73. The van der Waals surface area contributed by atoms with E-state index in [1.165, 1.54) is 14.2 Å². The van der Waals surface area contributed by atoms with Crippen molar-refractivity contribution in [2.75, 3.05) is 27.4 Å². The maximum absolute atomic E-state index is 11.9. The summed E-state index contributed by atoms with van der Waals surface area (Å²) in [5, 5.41) is 1.61. The van der Waals surface area contributed by atoms with Crippen LogP contribution < -0.4 is 14.8 Å². The molecule has 24 heavy (non-hydrogen) atoms. The van der Waals surface area contributed by atoms with E-state index in [2.05, 4.69) is 4.74 Å². The van der Waals surface area contributed by atoms with Gasteiger partial charge >= 0.3 is 12.1 Å². The van der Waals surface area contributed by atoms with Gasteiger partial charge in [0.25, 0.3) is 5.91 Å². The Hall–Kier alpha value is -2.45. The lowest BCUT2D eigenvalue weighted by atomic mass is 10.1. The molecular weight excluding hydrogens is 331 g/mol. The highest BCUT2D eigenvalue weighted by molar-refractivity contribution is 5.80. The molecule has 0 unspecified atom stereocenters. The number of hydrogen-bond acceptors (Lipinski definition) is 5. The molecule has 0 heterocycles. The number of rotatable bonds is 8. The van der Waals surface area contributed by atoms with Gasteiger partial charge in [0.1, 0.15) is 18.0 Å². The lowest BCUT2D eigenvalue weighted by Gasteiger charge is -2.10. The van der Waals surface area contributed by atoms with E-state index in [4.69, 9.17) is 9.47 Å². The Morgan fingerprint density at radius 2 is 1.67 bits per heavy atom. The topological polar surface area (TPSA) is 73.9 Å². The average Bonchev–Trinajstić information content (AvgIpc) is 2.55. The molecule has 0 aliphatic rings. The summed E-state index contributed by atoms with van der Waals surface area (Å²) in [7, 11) is 2.98. The van der Waals surface area contributed by atoms with Gasteiger partial charge in [-0.3, -0.25) is 9.59 Å². The Balaban J connectivity index is 2.40. The Morgan fingerprint density at radius 3 is 2.17 bits per heavy atom. The highest BCUT2D eigenvalue weighted by Gasteiger charge is 2.27. The first-order valence-electron chi connectivity index (χ1n) is 6.94. The second-order valence-corrected chi connectivity index (χ2v) is 4.77. The van der Waals surface area contributed by atoms with E-state index >= 15 is 0 Å². The van der Waals surface area contributed by atoms with Crippen molar-refractivity contribution in [1.29, 1.82) is 0 Å². The molecule has 0 spiro atoms. The van der Waals surface area contributed by atoms with Crippen molar-refractivity contribution in [3.05, 3.63) is 23.8 Å². The average molecular weight is 349 g/mol. The van der Waals surface area contributed by atoms with Crippen LogP contribution in [0.25, 0.3) is 0 Å². The summed E-state index contributed by atoms with van der Waals surface area (Å²) in [6.07, 6.45) is -4.25. The van der Waals surface area contributed by atoms with Crippen molar-refractivity contribution in [2.24, 2.45) is 0 Å². The molecule has 0 radical (unpaired) electrons. The van der Waals surface area contributed by atoms with Crippen molar-refractivity contribution < 1.29 is 37.0 Å². The summed E-state index contributed by atoms with van der Waals surface area (Å²) < 4.78 is 50.5. The Bertz CT molecular complexity index is 552. The number of nitrogens with one attached hydrogen (secondary N) is 1. The second kappa shape index (κ2) is 8.99. The van der Waals surface area contributed by atoms with Gasteiger partial charge in [0.15, 0.2) is 6.61 Å². The van der Waals surface area contributed by atoms with Gasteiger partial charge in [-0.1, -0.05) is 0 Å². The summed E-state index contributed by atoms with van der Waals surface area (Å²) in [6.45, 7) is -2.22. The zero-order valence-electron chi connectivity index (χ0n) is 13.2. The summed E-state index contributed by atoms with van der Waals surface area (Å²) in [4.78, 5) is 22.7. The number of benzene rings is 1. The number of hydrogen-bond donors (Lipinski definition) is 1. The van der Waals surface area contributed by atoms with Crippen LogP contribution in [0.15, 0.2) is 18.2 Å². The molecule has 0 saturated carbocycles. The van der Waals surface area contributed by atoms with Crippen molar-refractivity contribution in [1.82, 2.24) is 5.32 Å². The van der Waals surface area contributed by atoms with Gasteiger partial charge in [0.05, 0.1) is 14.2 Å². The third-order valence-corrected chi connectivity index (χ3v) is 2.88. The number of amides is 1. The predicted molar refractivity (Wildman–Crippen MR) is 77.9 cm³/mol. The van der Waals surface area contributed by atoms with Gasteiger partial charge in [-0.05, 0) is 24.1 Å². The molecule has 0 aliphatic heterocycles. The summed E-state index contributed by atoms with van der Waals surface area (Å²) >= 11 is 0. The first-order valence-corrected chi connectivity index (χ1v) is 6.94. The maximum Gasteiger partial charge on any atom is 0.405 e. The molecule has 1 amide bonds. The van der Waals surface area contributed by atoms with E-state index in [0.29, 0.717) is 17.9 Å². The number of carbonyl (C=O) groups excluding carboxylic acids is 2. The van der Waals surface area contributed by atoms with E-state index in [1.807, 2.05) is 0 Å². The predicted octanol–water partition coefficient (Wildman–Crippen LogP) is 1.86. The second-order valence-electron chi connectivity index (χ2n) is 4.77. The van der Waals surface area contributed by atoms with Gasteiger partial charge in [0.2, 0.25) is 0 Å². The minimum atomic E-state index is -4.51. The van der Waals surface area contributed by atoms with E-state index in [0.717, 1.165) is 5.56 Å². The molecule has 0 saturated heterocycles. The molecule has 0 aliphatic carbocycles. The summed E-state index contributed by atoms with van der Waals surface area (Å²) in [5.74, 6) is -0.587. The minimum Gasteiger partial charge on any atom is -0.497 e. The molecule has 0 fully saturated rings. The SMILES string of the molecule is COc1cc(CCC(=O)OCC(=O)NCC(F)(F)F)cc(OC)c1. The third-order valence-electron chi connectivity index (χ3n) is 2.88. The van der Waals surface area contributed by atoms with Gasteiger partial charge in [-0.2, -0.15) is 13.2 Å². The van der Waals surface area contributed by atoms with Crippen molar-refractivity contribution in [2.45, 2.75) is 19.0 Å². The number of halogens is 3. The van der Waals surface area contributed by atoms with Crippen LogP contribution in [0.3, 0.4) is 0 Å². The van der Waals surface area contributed by atoms with E-state index in [-0.39, 0.29) is 6.42 Å². The summed E-state index contributed by atoms with van der Waals surface area (Å²) in [5.41, 5.74) is 0.754. The zero-order chi connectivity index (χ0) is 18.2. The van der Waals surface area contributed by atoms with Gasteiger partial charge in [-0.25, -0.2) is 0 Å². The largest absolute Gasteiger partial charge is 0.497 e. The summed E-state index contributed by atoms with van der Waals surface area (Å²) in [6, 6.07) is 5.10. The normalized spacial score (nSPS) is 10.9. The van der Waals surface area contributed by atoms with Crippen molar-refractivity contribution >= 4 is 11.9 Å². The molecule has 0 bridgehead atoms. The van der Waals surface area contributed by atoms with Crippen LogP contribution in [0.1, 0.15) is 12.0 Å². The highest BCUT2D eigenvalue weighted by Crippen LogP contribution is 2.23. The lowest BCUT2D eigenvalue weighted by Crippen LogP contribution is -2.36. The Morgan fingerprint density at radius 1 is 1.08 bits per heavy atom. The van der Waals surface area contributed by atoms with Crippen LogP contribution in [0.5, 0.6) is 11.5 Å². The third kappa shape index (κ3) is 7.70. The van der Waals surface area contributed by atoms with Gasteiger partial charge in [-0.15, -0.1) is 0 Å². The number of carbonyl (C=O) groups is 2. The molecule has 9 heteroatoms. The number of alkyl halides is 3. The number of ether oxygens (including phenoxy) is 3. The molecule has 1 N–H and O–H groups in total. The van der Waals surface area contributed by atoms with E-state index in [1.54, 1.807) is 23.5 Å². The smallest absolute Gasteiger partial charge is 0.405 e. The number of methoxy groups -OCH3 is 2. The van der Waals surface area contributed by atoms with E-state index in [9.17, 15) is 22.8 Å². The fraction of sp³-hybridized carbons (Fsp3) is 0.467. The molecule has 0 aromatic heterocycles. The quantitative estimate of drug-likeness (QED) is 0.725. The standard InChI is InChI=1S/C15H18F3NO5/c1-22-11-5-10(6-12(7-11)23-2)3-4-14(21)24-8-13(20)19-9-15(16,17)18/h5-7H,3-4,8-9H2,1-2H3,(H,19,20). The number of esters is 1. The van der Waals surface area contributed by atoms with Crippen LogP contribution in [-0.4, -0.2) is 45.4 Å². The van der Waals surface area contributed by atoms with Gasteiger partial charge < -0.3 is 19.5 Å². The van der Waals surface area contributed by atoms with Crippen LogP contribution >= 0.6 is 0 Å². The maximum atomic E-state index is 11.9. The molecule has 6 nitrogen and oxygen atoms in total. The molecular formula is C15H18F3NO5. The monoisotopic (exact) mass is 349 g/mol. The number of aryl methyl sites for hydroxylation is 1. The minimum absolute atomic E-state index is 0.0388. The van der Waals surface area contributed by atoms with Crippen molar-refractivity contribution in [3.63, 3.8) is 0 Å². The first kappa shape index (κ1) is 19.6. The Labute approximate surface area is 136 Å². The Kier molecular flexibility index (Phi) is 7.34. The van der Waals surface area contributed by atoms with Crippen LogP contribution in [0.4, 0.5) is 13.2 Å². The zero-order valence-corrected chi connectivity index (χ0v) is 13.2.